The summed E-state index contributed by atoms with van der Waals surface area (Å²) >= 11 is 0. The molecule has 0 aromatic carbocycles. The van der Waals surface area contributed by atoms with E-state index in [0.29, 0.717) is 49.8 Å². The standard InChI is InChI=1S/C13H19N7O3/c1-4-20-9-10(16(2)13(22)17(3)11(9)21)14-12(20)18-5-7-19(15-23)8-6-18/h4-8H2,1-3H3. The van der Waals surface area contributed by atoms with Crippen LogP contribution in [-0.4, -0.2) is 49.9 Å². The van der Waals surface area contributed by atoms with Gasteiger partial charge in [-0.25, -0.2) is 4.79 Å². The van der Waals surface area contributed by atoms with Gasteiger partial charge in [-0.05, 0) is 6.92 Å². The average molecular weight is 321 g/mol. The molecule has 23 heavy (non-hydrogen) atoms. The molecule has 2 aromatic rings. The van der Waals surface area contributed by atoms with Gasteiger partial charge in [0.05, 0.1) is 18.4 Å². The van der Waals surface area contributed by atoms with Gasteiger partial charge in [-0.15, -0.1) is 4.91 Å². The summed E-state index contributed by atoms with van der Waals surface area (Å²) in [7, 11) is 3.07. The van der Waals surface area contributed by atoms with E-state index < -0.39 is 5.69 Å². The molecule has 0 radical (unpaired) electrons. The van der Waals surface area contributed by atoms with Gasteiger partial charge in [0, 0.05) is 33.7 Å². The second kappa shape index (κ2) is 5.52. The monoisotopic (exact) mass is 321 g/mol. The number of rotatable bonds is 3. The predicted octanol–water partition coefficient (Wildman–Crippen LogP) is -0.743. The Balaban J connectivity index is 2.18. The first-order valence-corrected chi connectivity index (χ1v) is 7.49. The molecule has 0 saturated carbocycles. The number of nitroso groups, excluding NO2 is 1. The van der Waals surface area contributed by atoms with Gasteiger partial charge in [-0.3, -0.25) is 18.9 Å². The molecule has 0 spiro atoms. The number of hydrogen-bond donors (Lipinski definition) is 0. The fraction of sp³-hybridized carbons (Fsp3) is 0.615. The molecular weight excluding hydrogens is 302 g/mol. The zero-order valence-electron chi connectivity index (χ0n) is 13.4. The van der Waals surface area contributed by atoms with Crippen molar-refractivity contribution in [2.75, 3.05) is 31.1 Å². The number of hydrogen-bond acceptors (Lipinski definition) is 6. The molecule has 0 N–H and O–H groups in total. The Hall–Kier alpha value is -2.65. The zero-order valence-corrected chi connectivity index (χ0v) is 13.4. The highest BCUT2D eigenvalue weighted by Crippen LogP contribution is 2.20. The van der Waals surface area contributed by atoms with E-state index in [9.17, 15) is 14.5 Å². The lowest BCUT2D eigenvalue weighted by Gasteiger charge is -2.32. The predicted molar refractivity (Wildman–Crippen MR) is 85.5 cm³/mol. The maximum absolute atomic E-state index is 12.5. The number of imidazole rings is 1. The number of aromatic nitrogens is 4. The highest BCUT2D eigenvalue weighted by atomic mass is 16.3. The Morgan fingerprint density at radius 1 is 1.09 bits per heavy atom. The SMILES string of the molecule is CCn1c(N2CCN(N=O)CC2)nc2c1c(=O)n(C)c(=O)n2C. The maximum Gasteiger partial charge on any atom is 0.332 e. The van der Waals surface area contributed by atoms with Crippen molar-refractivity contribution in [3.63, 3.8) is 0 Å². The van der Waals surface area contributed by atoms with Crippen molar-refractivity contribution in [1.82, 2.24) is 23.7 Å². The zero-order chi connectivity index (χ0) is 16.7. The van der Waals surface area contributed by atoms with E-state index in [1.54, 1.807) is 7.05 Å². The molecule has 0 aliphatic carbocycles. The van der Waals surface area contributed by atoms with Gasteiger partial charge in [0.1, 0.15) is 0 Å². The molecule has 0 unspecified atom stereocenters. The van der Waals surface area contributed by atoms with E-state index in [1.807, 2.05) is 16.4 Å². The highest BCUT2D eigenvalue weighted by Gasteiger charge is 2.24. The smallest absolute Gasteiger partial charge is 0.332 e. The Morgan fingerprint density at radius 3 is 2.30 bits per heavy atom. The average Bonchev–Trinajstić information content (AvgIpc) is 2.97. The van der Waals surface area contributed by atoms with Crippen molar-refractivity contribution in [2.24, 2.45) is 19.4 Å². The topological polar surface area (TPSA) is 97.7 Å². The minimum absolute atomic E-state index is 0.350. The van der Waals surface area contributed by atoms with Crippen LogP contribution in [-0.2, 0) is 20.6 Å². The molecule has 1 aliphatic rings. The van der Waals surface area contributed by atoms with Gasteiger partial charge in [0.2, 0.25) is 5.95 Å². The minimum Gasteiger partial charge on any atom is -0.338 e. The second-order valence-corrected chi connectivity index (χ2v) is 5.56. The van der Waals surface area contributed by atoms with Gasteiger partial charge in [0.25, 0.3) is 5.56 Å². The quantitative estimate of drug-likeness (QED) is 0.691. The van der Waals surface area contributed by atoms with E-state index in [1.165, 1.54) is 16.6 Å². The first-order chi connectivity index (χ1) is 11.0. The van der Waals surface area contributed by atoms with Gasteiger partial charge < -0.3 is 9.47 Å². The van der Waals surface area contributed by atoms with Crippen LogP contribution in [0.3, 0.4) is 0 Å². The number of fused-ring (bicyclic) bond motifs is 1. The van der Waals surface area contributed by atoms with E-state index in [-0.39, 0.29) is 5.56 Å². The van der Waals surface area contributed by atoms with Gasteiger partial charge in [-0.1, -0.05) is 0 Å². The van der Waals surface area contributed by atoms with Crippen LogP contribution in [0.5, 0.6) is 0 Å². The van der Waals surface area contributed by atoms with E-state index in [4.69, 9.17) is 0 Å². The largest absolute Gasteiger partial charge is 0.338 e. The van der Waals surface area contributed by atoms with Gasteiger partial charge >= 0.3 is 5.69 Å². The molecule has 124 valence electrons. The van der Waals surface area contributed by atoms with Crippen LogP contribution in [0.25, 0.3) is 11.2 Å². The molecule has 1 fully saturated rings. The van der Waals surface area contributed by atoms with Crippen LogP contribution < -0.4 is 16.1 Å². The minimum atomic E-state index is -0.398. The molecule has 0 atom stereocenters. The summed E-state index contributed by atoms with van der Waals surface area (Å²) in [5.74, 6) is 0.645. The molecule has 3 rings (SSSR count). The van der Waals surface area contributed by atoms with Crippen molar-refractivity contribution in [2.45, 2.75) is 13.5 Å². The Bertz CT molecular complexity index is 870. The number of anilines is 1. The first-order valence-electron chi connectivity index (χ1n) is 7.49. The molecular formula is C13H19N7O3. The second-order valence-electron chi connectivity index (χ2n) is 5.56. The maximum atomic E-state index is 12.5. The summed E-state index contributed by atoms with van der Waals surface area (Å²) in [5.41, 5.74) is 0.0515. The van der Waals surface area contributed by atoms with Crippen LogP contribution in [0.15, 0.2) is 14.9 Å². The Morgan fingerprint density at radius 2 is 1.74 bits per heavy atom. The molecule has 3 heterocycles. The van der Waals surface area contributed by atoms with E-state index >= 15 is 0 Å². The lowest BCUT2D eigenvalue weighted by atomic mass is 10.4. The normalized spacial score (nSPS) is 15.4. The van der Waals surface area contributed by atoms with Crippen molar-refractivity contribution in [1.29, 1.82) is 0 Å². The third-order valence-corrected chi connectivity index (χ3v) is 4.30. The van der Waals surface area contributed by atoms with Crippen molar-refractivity contribution >= 4 is 17.1 Å². The number of nitrogens with zero attached hydrogens (tertiary/aromatic N) is 7. The molecule has 1 saturated heterocycles. The molecule has 1 aliphatic heterocycles. The summed E-state index contributed by atoms with van der Waals surface area (Å²) < 4.78 is 4.30. The fourth-order valence-electron chi connectivity index (χ4n) is 2.95. The van der Waals surface area contributed by atoms with Crippen molar-refractivity contribution < 1.29 is 0 Å². The molecule has 2 aromatic heterocycles. The molecule has 0 bridgehead atoms. The summed E-state index contributed by atoms with van der Waals surface area (Å²) in [5, 5.41) is 4.41. The lowest BCUT2D eigenvalue weighted by Crippen LogP contribution is -2.45. The summed E-state index contributed by atoms with van der Waals surface area (Å²) in [4.78, 5) is 41.7. The van der Waals surface area contributed by atoms with Crippen molar-refractivity contribution in [3.8, 4) is 0 Å². The third kappa shape index (κ3) is 2.21. The van der Waals surface area contributed by atoms with E-state index in [2.05, 4.69) is 10.3 Å². The summed E-state index contributed by atoms with van der Waals surface area (Å²) in [6, 6.07) is 0. The van der Waals surface area contributed by atoms with Crippen LogP contribution in [0.1, 0.15) is 6.92 Å². The van der Waals surface area contributed by atoms with Crippen LogP contribution >= 0.6 is 0 Å². The lowest BCUT2D eigenvalue weighted by molar-refractivity contribution is 0.265. The first kappa shape index (κ1) is 15.3. The third-order valence-electron chi connectivity index (χ3n) is 4.30. The highest BCUT2D eigenvalue weighted by molar-refractivity contribution is 5.74. The summed E-state index contributed by atoms with van der Waals surface area (Å²) in [6.45, 7) is 4.68. The molecule has 10 heteroatoms. The van der Waals surface area contributed by atoms with Gasteiger partial charge in [0.15, 0.2) is 11.2 Å². The number of aryl methyl sites for hydroxylation is 2. The molecule has 10 nitrogen and oxygen atoms in total. The fourth-order valence-corrected chi connectivity index (χ4v) is 2.95. The summed E-state index contributed by atoms with van der Waals surface area (Å²) in [6.07, 6.45) is 0. The van der Waals surface area contributed by atoms with Crippen LogP contribution in [0.2, 0.25) is 0 Å². The molecule has 0 amide bonds. The van der Waals surface area contributed by atoms with Crippen molar-refractivity contribution in [3.05, 3.63) is 25.7 Å². The number of piperazine rings is 1. The van der Waals surface area contributed by atoms with Gasteiger partial charge in [-0.2, -0.15) is 4.98 Å². The van der Waals surface area contributed by atoms with Crippen LogP contribution in [0, 0.1) is 4.91 Å². The van der Waals surface area contributed by atoms with E-state index in [0.717, 1.165) is 4.57 Å². The Labute approximate surface area is 131 Å². The van der Waals surface area contributed by atoms with Crippen LogP contribution in [0.4, 0.5) is 5.95 Å². The Kier molecular flexibility index (Phi) is 3.66.